The molecule has 0 aliphatic carbocycles. The summed E-state index contributed by atoms with van der Waals surface area (Å²) >= 11 is 0. The minimum Gasteiger partial charge on any atom is -0.497 e. The number of hydrogen-bond acceptors (Lipinski definition) is 4. The van der Waals surface area contributed by atoms with E-state index in [4.69, 9.17) is 4.74 Å². The normalized spacial score (nSPS) is 10.8. The van der Waals surface area contributed by atoms with Crippen molar-refractivity contribution >= 4 is 16.8 Å². The van der Waals surface area contributed by atoms with E-state index < -0.39 is 5.82 Å². The third-order valence-corrected chi connectivity index (χ3v) is 4.89. The van der Waals surface area contributed by atoms with E-state index in [9.17, 15) is 14.0 Å². The second-order valence-electron chi connectivity index (χ2n) is 7.05. The number of para-hydroxylation sites is 1. The summed E-state index contributed by atoms with van der Waals surface area (Å²) in [6, 6.07) is 19.8. The third kappa shape index (κ3) is 4.61. The van der Waals surface area contributed by atoms with Crippen LogP contribution in [0.4, 0.5) is 4.39 Å². The van der Waals surface area contributed by atoms with Gasteiger partial charge in [0.05, 0.1) is 24.6 Å². The van der Waals surface area contributed by atoms with Gasteiger partial charge in [0.2, 0.25) is 0 Å². The van der Waals surface area contributed by atoms with Gasteiger partial charge >= 0.3 is 0 Å². The van der Waals surface area contributed by atoms with Crippen molar-refractivity contribution < 1.29 is 13.9 Å². The first-order valence-corrected chi connectivity index (χ1v) is 9.69. The summed E-state index contributed by atoms with van der Waals surface area (Å²) in [5, 5.41) is 0.476. The monoisotopic (exact) mass is 417 g/mol. The number of nitrogens with zero attached hydrogens (tertiary/aromatic N) is 2. The van der Waals surface area contributed by atoms with E-state index in [1.165, 1.54) is 23.1 Å². The summed E-state index contributed by atoms with van der Waals surface area (Å²) in [6.45, 7) is 0.303. The predicted molar refractivity (Wildman–Crippen MR) is 115 cm³/mol. The largest absolute Gasteiger partial charge is 0.497 e. The molecule has 3 aromatic carbocycles. The molecule has 0 radical (unpaired) electrons. The minimum atomic E-state index is -0.493. The van der Waals surface area contributed by atoms with Crippen LogP contribution in [0.3, 0.4) is 0 Å². The Bertz CT molecular complexity index is 1290. The lowest BCUT2D eigenvalue weighted by atomic mass is 10.1. The van der Waals surface area contributed by atoms with Crippen molar-refractivity contribution in [2.45, 2.75) is 13.1 Å². The van der Waals surface area contributed by atoms with Crippen LogP contribution in [-0.4, -0.2) is 27.9 Å². The number of carbonyl (C=O) groups is 1. The zero-order valence-electron chi connectivity index (χ0n) is 16.8. The Morgan fingerprint density at radius 2 is 1.81 bits per heavy atom. The number of halogens is 1. The molecule has 1 heterocycles. The van der Waals surface area contributed by atoms with Gasteiger partial charge in [-0.3, -0.25) is 9.59 Å². The van der Waals surface area contributed by atoms with E-state index in [-0.39, 0.29) is 30.1 Å². The molecule has 156 valence electrons. The fourth-order valence-corrected chi connectivity index (χ4v) is 3.35. The van der Waals surface area contributed by atoms with Crippen LogP contribution in [-0.2, 0) is 13.1 Å². The number of aromatic amines is 1. The molecule has 0 saturated heterocycles. The van der Waals surface area contributed by atoms with Gasteiger partial charge in [0.1, 0.15) is 17.4 Å². The summed E-state index contributed by atoms with van der Waals surface area (Å²) < 4.78 is 18.9. The highest BCUT2D eigenvalue weighted by Crippen LogP contribution is 2.17. The lowest BCUT2D eigenvalue weighted by Gasteiger charge is -2.23. The minimum absolute atomic E-state index is 0.0570. The standard InChI is InChI=1S/C24H20FN3O3/c1-31-19-11-9-16(10-12-19)14-28(24(30)17-5-4-6-18(25)13-17)15-22-26-21-8-3-2-7-20(21)23(29)27-22/h2-13H,14-15H2,1H3,(H,26,27,29). The number of H-pyrrole nitrogens is 1. The average molecular weight is 417 g/mol. The maximum absolute atomic E-state index is 13.7. The number of amides is 1. The first-order chi connectivity index (χ1) is 15.0. The Morgan fingerprint density at radius 1 is 1.03 bits per heavy atom. The number of benzene rings is 3. The molecule has 0 fully saturated rings. The Kier molecular flexibility index (Phi) is 5.75. The molecule has 0 aliphatic heterocycles. The van der Waals surface area contributed by atoms with Gasteiger partial charge in [-0.25, -0.2) is 9.37 Å². The van der Waals surface area contributed by atoms with Gasteiger partial charge in [-0.05, 0) is 48.0 Å². The number of ether oxygens (including phenoxy) is 1. The number of hydrogen-bond donors (Lipinski definition) is 1. The molecule has 6 nitrogen and oxygen atoms in total. The molecule has 0 spiro atoms. The van der Waals surface area contributed by atoms with Crippen molar-refractivity contribution in [3.63, 3.8) is 0 Å². The SMILES string of the molecule is COc1ccc(CN(Cc2nc3ccccc3c(=O)[nH]2)C(=O)c2cccc(F)c2)cc1. The maximum Gasteiger partial charge on any atom is 0.258 e. The molecule has 4 aromatic rings. The highest BCUT2D eigenvalue weighted by atomic mass is 19.1. The summed E-state index contributed by atoms with van der Waals surface area (Å²) in [4.78, 5) is 34.4. The summed E-state index contributed by atoms with van der Waals surface area (Å²) in [5.74, 6) is 0.188. The Hall–Kier alpha value is -4.00. The number of methoxy groups -OCH3 is 1. The topological polar surface area (TPSA) is 75.3 Å². The Labute approximate surface area is 177 Å². The van der Waals surface area contributed by atoms with Crippen LogP contribution in [0.2, 0.25) is 0 Å². The molecular weight excluding hydrogens is 397 g/mol. The van der Waals surface area contributed by atoms with E-state index >= 15 is 0 Å². The fourth-order valence-electron chi connectivity index (χ4n) is 3.35. The van der Waals surface area contributed by atoms with E-state index in [2.05, 4.69) is 9.97 Å². The maximum atomic E-state index is 13.7. The number of nitrogens with one attached hydrogen (secondary N) is 1. The zero-order valence-corrected chi connectivity index (χ0v) is 16.8. The van der Waals surface area contributed by atoms with Crippen molar-refractivity contribution in [2.75, 3.05) is 7.11 Å². The van der Waals surface area contributed by atoms with Crippen LogP contribution in [0.5, 0.6) is 5.75 Å². The molecule has 0 bridgehead atoms. The molecule has 1 aromatic heterocycles. The predicted octanol–water partition coefficient (Wildman–Crippen LogP) is 3.91. The van der Waals surface area contributed by atoms with Gasteiger partial charge in [0, 0.05) is 12.1 Å². The van der Waals surface area contributed by atoms with E-state index in [1.807, 2.05) is 12.1 Å². The third-order valence-electron chi connectivity index (χ3n) is 4.89. The van der Waals surface area contributed by atoms with Gasteiger partial charge in [0.15, 0.2) is 0 Å². The smallest absolute Gasteiger partial charge is 0.258 e. The molecule has 7 heteroatoms. The molecule has 1 amide bonds. The Morgan fingerprint density at radius 3 is 2.55 bits per heavy atom. The molecule has 0 aliphatic rings. The summed E-state index contributed by atoms with van der Waals surface area (Å²) in [7, 11) is 1.58. The van der Waals surface area contributed by atoms with Gasteiger partial charge in [-0.2, -0.15) is 0 Å². The molecule has 0 saturated carbocycles. The van der Waals surface area contributed by atoms with Crippen LogP contribution in [0.1, 0.15) is 21.7 Å². The van der Waals surface area contributed by atoms with Crippen molar-refractivity contribution in [1.29, 1.82) is 0 Å². The Balaban J connectivity index is 1.69. The molecule has 0 atom stereocenters. The second-order valence-corrected chi connectivity index (χ2v) is 7.05. The summed E-state index contributed by atoms with van der Waals surface area (Å²) in [5.41, 5.74) is 1.34. The van der Waals surface area contributed by atoms with Gasteiger partial charge in [-0.15, -0.1) is 0 Å². The zero-order chi connectivity index (χ0) is 21.8. The van der Waals surface area contributed by atoms with Crippen molar-refractivity contribution in [3.8, 4) is 5.75 Å². The summed E-state index contributed by atoms with van der Waals surface area (Å²) in [6.07, 6.45) is 0. The van der Waals surface area contributed by atoms with Crippen LogP contribution in [0, 0.1) is 5.82 Å². The number of aromatic nitrogens is 2. The highest BCUT2D eigenvalue weighted by molar-refractivity contribution is 5.94. The second kappa shape index (κ2) is 8.79. The molecular formula is C24H20FN3O3. The average Bonchev–Trinajstić information content (AvgIpc) is 2.79. The van der Waals surface area contributed by atoms with Crippen LogP contribution < -0.4 is 10.3 Å². The fraction of sp³-hybridized carbons (Fsp3) is 0.125. The first-order valence-electron chi connectivity index (χ1n) is 9.69. The van der Waals surface area contributed by atoms with Gasteiger partial charge < -0.3 is 14.6 Å². The van der Waals surface area contributed by atoms with Gasteiger partial charge in [0.25, 0.3) is 11.5 Å². The number of fused-ring (bicyclic) bond motifs is 1. The lowest BCUT2D eigenvalue weighted by molar-refractivity contribution is 0.0725. The number of carbonyl (C=O) groups excluding carboxylic acids is 1. The van der Waals surface area contributed by atoms with Crippen molar-refractivity contribution in [3.05, 3.63) is 106 Å². The molecule has 31 heavy (non-hydrogen) atoms. The van der Waals surface area contributed by atoms with Crippen molar-refractivity contribution in [1.82, 2.24) is 14.9 Å². The number of rotatable bonds is 6. The van der Waals surface area contributed by atoms with Crippen LogP contribution >= 0.6 is 0 Å². The first kappa shape index (κ1) is 20.3. The van der Waals surface area contributed by atoms with E-state index in [0.717, 1.165) is 5.56 Å². The molecule has 4 rings (SSSR count). The highest BCUT2D eigenvalue weighted by Gasteiger charge is 2.19. The molecule has 1 N–H and O–H groups in total. The van der Waals surface area contributed by atoms with Crippen LogP contribution in [0.25, 0.3) is 10.9 Å². The quantitative estimate of drug-likeness (QED) is 0.516. The lowest BCUT2D eigenvalue weighted by Crippen LogP contribution is -2.31. The van der Waals surface area contributed by atoms with Crippen LogP contribution in [0.15, 0.2) is 77.6 Å². The molecule has 0 unspecified atom stereocenters. The van der Waals surface area contributed by atoms with E-state index in [1.54, 1.807) is 49.6 Å². The van der Waals surface area contributed by atoms with Crippen molar-refractivity contribution in [2.24, 2.45) is 0 Å². The van der Waals surface area contributed by atoms with E-state index in [0.29, 0.717) is 22.5 Å². The van der Waals surface area contributed by atoms with Gasteiger partial charge in [-0.1, -0.05) is 30.3 Å².